The fraction of sp³-hybridized carbons (Fsp3) is 0.556. The van der Waals surface area contributed by atoms with Crippen molar-refractivity contribution in [2.75, 3.05) is 18.4 Å². The minimum Gasteiger partial charge on any atom is -0.342 e. The lowest BCUT2D eigenvalue weighted by Gasteiger charge is -2.16. The molecule has 132 valence electrons. The molecule has 3 heterocycles. The van der Waals surface area contributed by atoms with Crippen LogP contribution in [0.5, 0.6) is 0 Å². The molecule has 0 bridgehead atoms. The summed E-state index contributed by atoms with van der Waals surface area (Å²) >= 11 is 0. The second-order valence-corrected chi connectivity index (χ2v) is 7.45. The van der Waals surface area contributed by atoms with Gasteiger partial charge in [-0.3, -0.25) is 9.59 Å². The molecule has 1 aliphatic carbocycles. The Kier molecular flexibility index (Phi) is 3.94. The molecule has 25 heavy (non-hydrogen) atoms. The molecule has 0 spiro atoms. The Morgan fingerprint density at radius 3 is 2.88 bits per heavy atom. The monoisotopic (exact) mass is 341 g/mol. The molecule has 1 saturated carbocycles. The van der Waals surface area contributed by atoms with Gasteiger partial charge in [-0.15, -0.1) is 0 Å². The number of likely N-dealkylation sites (tertiary alicyclic amines) is 1. The van der Waals surface area contributed by atoms with Crippen LogP contribution >= 0.6 is 0 Å². The van der Waals surface area contributed by atoms with Crippen LogP contribution in [-0.2, 0) is 9.59 Å². The highest BCUT2D eigenvalue weighted by atomic mass is 16.2. The summed E-state index contributed by atoms with van der Waals surface area (Å²) < 4.78 is 1.85. The van der Waals surface area contributed by atoms with Crippen LogP contribution < -0.4 is 5.32 Å². The average Bonchev–Trinajstić information content (AvgIpc) is 3.16. The summed E-state index contributed by atoms with van der Waals surface area (Å²) in [5.41, 5.74) is 1.45. The predicted molar refractivity (Wildman–Crippen MR) is 94.0 cm³/mol. The maximum Gasteiger partial charge on any atom is 0.229 e. The molecule has 0 unspecified atom stereocenters. The van der Waals surface area contributed by atoms with Gasteiger partial charge in [0.15, 0.2) is 5.65 Å². The number of pyridine rings is 1. The van der Waals surface area contributed by atoms with E-state index in [1.165, 1.54) is 12.8 Å². The van der Waals surface area contributed by atoms with Crippen molar-refractivity contribution in [2.45, 2.75) is 39.2 Å². The molecule has 2 fully saturated rings. The van der Waals surface area contributed by atoms with Crippen LogP contribution in [0.25, 0.3) is 11.0 Å². The highest BCUT2D eigenvalue weighted by Crippen LogP contribution is 2.32. The largest absolute Gasteiger partial charge is 0.342 e. The lowest BCUT2D eigenvalue weighted by atomic mass is 10.1. The molecule has 4 rings (SSSR count). The van der Waals surface area contributed by atoms with Crippen molar-refractivity contribution in [3.63, 3.8) is 0 Å². The van der Waals surface area contributed by atoms with Gasteiger partial charge >= 0.3 is 0 Å². The summed E-state index contributed by atoms with van der Waals surface area (Å²) in [5.74, 6) is 0.359. The van der Waals surface area contributed by atoms with E-state index in [-0.39, 0.29) is 23.8 Å². The number of amides is 2. The smallest absolute Gasteiger partial charge is 0.229 e. The van der Waals surface area contributed by atoms with E-state index in [4.69, 9.17) is 0 Å². The number of rotatable bonds is 5. The lowest BCUT2D eigenvalue weighted by Crippen LogP contribution is -2.29. The molecule has 7 nitrogen and oxygen atoms in total. The van der Waals surface area contributed by atoms with Crippen LogP contribution in [0.1, 0.15) is 39.2 Å². The zero-order valence-electron chi connectivity index (χ0n) is 14.6. The molecule has 1 saturated heterocycles. The van der Waals surface area contributed by atoms with Gasteiger partial charge in [0, 0.05) is 30.9 Å². The van der Waals surface area contributed by atoms with Gasteiger partial charge in [-0.25, -0.2) is 9.67 Å². The van der Waals surface area contributed by atoms with Crippen LogP contribution in [0, 0.1) is 11.8 Å². The Labute approximate surface area is 146 Å². The molecule has 1 atom stereocenters. The SMILES string of the molecule is CC(C)n1ncc2cc(NC(=O)[C@H]3CC(=O)N(CC4CC4)C3)cnc21. The first-order valence-corrected chi connectivity index (χ1v) is 8.93. The molecule has 2 amide bonds. The van der Waals surface area contributed by atoms with Gasteiger partial charge in [-0.2, -0.15) is 5.10 Å². The Morgan fingerprint density at radius 2 is 2.16 bits per heavy atom. The van der Waals surface area contributed by atoms with E-state index < -0.39 is 0 Å². The molecular formula is C18H23N5O2. The third-order valence-corrected chi connectivity index (χ3v) is 4.95. The number of aromatic nitrogens is 3. The molecule has 1 N–H and O–H groups in total. The van der Waals surface area contributed by atoms with Crippen LogP contribution in [0.15, 0.2) is 18.5 Å². The van der Waals surface area contributed by atoms with E-state index in [0.717, 1.165) is 17.6 Å². The zero-order valence-corrected chi connectivity index (χ0v) is 14.6. The maximum atomic E-state index is 12.5. The number of nitrogens with zero attached hydrogens (tertiary/aromatic N) is 4. The molecule has 7 heteroatoms. The normalized spacial score (nSPS) is 20.7. The van der Waals surface area contributed by atoms with Crippen molar-refractivity contribution in [1.82, 2.24) is 19.7 Å². The molecule has 0 aromatic carbocycles. The highest BCUT2D eigenvalue weighted by molar-refractivity contribution is 5.98. The van der Waals surface area contributed by atoms with E-state index >= 15 is 0 Å². The molecule has 0 radical (unpaired) electrons. The first-order valence-electron chi connectivity index (χ1n) is 8.93. The van der Waals surface area contributed by atoms with Crippen molar-refractivity contribution in [3.8, 4) is 0 Å². The number of hydrogen-bond acceptors (Lipinski definition) is 4. The van der Waals surface area contributed by atoms with Gasteiger partial charge in [0.2, 0.25) is 11.8 Å². The summed E-state index contributed by atoms with van der Waals surface area (Å²) in [7, 11) is 0. The van der Waals surface area contributed by atoms with Gasteiger partial charge < -0.3 is 10.2 Å². The standard InChI is InChI=1S/C18H23N5O2/c1-11(2)23-17-13(7-20-23)5-15(8-19-17)21-18(25)14-6-16(24)22(10-14)9-12-3-4-12/h5,7-8,11-12,14H,3-4,6,9-10H2,1-2H3,(H,21,25)/t14-/m0/s1. The summed E-state index contributed by atoms with van der Waals surface area (Å²) in [4.78, 5) is 30.9. The molecule has 2 aliphatic rings. The Bertz CT molecular complexity index is 824. The zero-order chi connectivity index (χ0) is 17.6. The number of carbonyl (C=O) groups is 2. The molecule has 1 aliphatic heterocycles. The fourth-order valence-electron chi connectivity index (χ4n) is 3.37. The van der Waals surface area contributed by atoms with Gasteiger partial charge in [0.05, 0.1) is 24.0 Å². The van der Waals surface area contributed by atoms with Crippen molar-refractivity contribution >= 4 is 28.5 Å². The summed E-state index contributed by atoms with van der Waals surface area (Å²) in [5, 5.41) is 8.14. The number of anilines is 1. The number of fused-ring (bicyclic) bond motifs is 1. The van der Waals surface area contributed by atoms with E-state index in [9.17, 15) is 9.59 Å². The summed E-state index contributed by atoms with van der Waals surface area (Å²) in [6.45, 7) is 5.44. The number of hydrogen-bond donors (Lipinski definition) is 1. The number of carbonyl (C=O) groups excluding carboxylic acids is 2. The van der Waals surface area contributed by atoms with Crippen molar-refractivity contribution < 1.29 is 9.59 Å². The van der Waals surface area contributed by atoms with Crippen LogP contribution in [-0.4, -0.2) is 44.6 Å². The summed E-state index contributed by atoms with van der Waals surface area (Å²) in [6, 6.07) is 2.11. The highest BCUT2D eigenvalue weighted by Gasteiger charge is 2.37. The van der Waals surface area contributed by atoms with Gasteiger partial charge in [0.1, 0.15) is 0 Å². The molecule has 2 aromatic rings. The maximum absolute atomic E-state index is 12.5. The van der Waals surface area contributed by atoms with Crippen molar-refractivity contribution in [2.24, 2.45) is 11.8 Å². The third-order valence-electron chi connectivity index (χ3n) is 4.95. The van der Waals surface area contributed by atoms with E-state index in [0.29, 0.717) is 24.6 Å². The minimum atomic E-state index is -0.277. The molecular weight excluding hydrogens is 318 g/mol. The fourth-order valence-corrected chi connectivity index (χ4v) is 3.37. The van der Waals surface area contributed by atoms with E-state index in [1.807, 2.05) is 29.5 Å². The third kappa shape index (κ3) is 3.23. The Balaban J connectivity index is 1.43. The van der Waals surface area contributed by atoms with E-state index in [1.54, 1.807) is 12.4 Å². The van der Waals surface area contributed by atoms with E-state index in [2.05, 4.69) is 15.4 Å². The average molecular weight is 341 g/mol. The number of nitrogens with one attached hydrogen (secondary N) is 1. The Morgan fingerprint density at radius 1 is 1.36 bits per heavy atom. The first kappa shape index (κ1) is 16.1. The molecule has 2 aromatic heterocycles. The lowest BCUT2D eigenvalue weighted by molar-refractivity contribution is -0.128. The quantitative estimate of drug-likeness (QED) is 0.904. The second kappa shape index (κ2) is 6.13. The van der Waals surface area contributed by atoms with Gasteiger partial charge in [-0.05, 0) is 38.7 Å². The second-order valence-electron chi connectivity index (χ2n) is 7.45. The van der Waals surface area contributed by atoms with Crippen LogP contribution in [0.4, 0.5) is 5.69 Å². The minimum absolute atomic E-state index is 0.0961. The van der Waals surface area contributed by atoms with Crippen molar-refractivity contribution in [1.29, 1.82) is 0 Å². The van der Waals surface area contributed by atoms with Crippen molar-refractivity contribution in [3.05, 3.63) is 18.5 Å². The Hall–Kier alpha value is -2.44. The summed E-state index contributed by atoms with van der Waals surface area (Å²) in [6.07, 6.45) is 6.13. The topological polar surface area (TPSA) is 80.1 Å². The van der Waals surface area contributed by atoms with Gasteiger partial charge in [0.25, 0.3) is 0 Å². The van der Waals surface area contributed by atoms with Gasteiger partial charge in [-0.1, -0.05) is 0 Å². The van der Waals surface area contributed by atoms with Crippen LogP contribution in [0.2, 0.25) is 0 Å². The first-order chi connectivity index (χ1) is 12.0. The predicted octanol–water partition coefficient (Wildman–Crippen LogP) is 2.21. The van der Waals surface area contributed by atoms with Crippen LogP contribution in [0.3, 0.4) is 0 Å².